The molecule has 3 aliphatic rings. The summed E-state index contributed by atoms with van der Waals surface area (Å²) in [6, 6.07) is 18.4. The van der Waals surface area contributed by atoms with Crippen molar-refractivity contribution in [3.05, 3.63) is 77.5 Å². The third kappa shape index (κ3) is 6.39. The van der Waals surface area contributed by atoms with E-state index in [9.17, 15) is 9.90 Å². The highest BCUT2D eigenvalue weighted by Crippen LogP contribution is 2.34. The number of carbonyl (C=O) groups is 1. The maximum atomic E-state index is 13.1. The summed E-state index contributed by atoms with van der Waals surface area (Å²) in [5.74, 6) is 1.11. The van der Waals surface area contributed by atoms with Gasteiger partial charge in [0.05, 0.1) is 5.69 Å². The lowest BCUT2D eigenvalue weighted by atomic mass is 9.99. The van der Waals surface area contributed by atoms with Gasteiger partial charge in [-0.3, -0.25) is 9.78 Å². The summed E-state index contributed by atoms with van der Waals surface area (Å²) >= 11 is -0.789. The Morgan fingerprint density at radius 2 is 1.85 bits per heavy atom. The third-order valence-electron chi connectivity index (χ3n) is 7.82. The van der Waals surface area contributed by atoms with Gasteiger partial charge < -0.3 is 19.5 Å². The van der Waals surface area contributed by atoms with Gasteiger partial charge in [0.1, 0.15) is 19.3 Å². The van der Waals surface area contributed by atoms with Gasteiger partial charge in [0.25, 0.3) is 5.91 Å². The molecule has 39 heavy (non-hydrogen) atoms. The second-order valence-electron chi connectivity index (χ2n) is 10.6. The number of hydrogen-bond acceptors (Lipinski definition) is 6. The van der Waals surface area contributed by atoms with Gasteiger partial charge in [-0.1, -0.05) is 24.3 Å². The Bertz CT molecular complexity index is 1340. The van der Waals surface area contributed by atoms with E-state index < -0.39 is 27.1 Å². The fourth-order valence-corrected chi connectivity index (χ4v) is 8.18. The van der Waals surface area contributed by atoms with Gasteiger partial charge in [0.15, 0.2) is 11.5 Å². The first-order valence-electron chi connectivity index (χ1n) is 13.8. The second-order valence-corrected chi connectivity index (χ2v) is 13.4. The minimum Gasteiger partial charge on any atom is -0.486 e. The van der Waals surface area contributed by atoms with Crippen LogP contribution in [0.15, 0.2) is 63.9 Å². The summed E-state index contributed by atoms with van der Waals surface area (Å²) in [5.41, 5.74) is 5.57. The van der Waals surface area contributed by atoms with E-state index in [4.69, 9.17) is 9.47 Å². The number of hydrogen-bond donors (Lipinski definition) is 1. The summed E-state index contributed by atoms with van der Waals surface area (Å²) in [7, 11) is 0. The maximum Gasteiger partial charge on any atom is 0.279 e. The van der Waals surface area contributed by atoms with Crippen molar-refractivity contribution in [2.45, 2.75) is 42.1 Å². The molecule has 1 saturated heterocycles. The Morgan fingerprint density at radius 1 is 1.03 bits per heavy atom. The molecule has 0 spiro atoms. The second kappa shape index (κ2) is 12.2. The van der Waals surface area contributed by atoms with Crippen LogP contribution in [0.25, 0.3) is 11.3 Å². The topological polar surface area (TPSA) is 84.2 Å². The summed E-state index contributed by atoms with van der Waals surface area (Å²) < 4.78 is 16.3. The minimum absolute atomic E-state index is 0.130. The van der Waals surface area contributed by atoms with Crippen molar-refractivity contribution in [1.29, 1.82) is 0 Å². The molecule has 1 aromatic heterocycles. The Hall–Kier alpha value is -2.69. The predicted octanol–water partition coefficient (Wildman–Crippen LogP) is 4.98. The van der Waals surface area contributed by atoms with Crippen LogP contribution in [0.1, 0.15) is 29.5 Å². The van der Waals surface area contributed by atoms with E-state index in [0.717, 1.165) is 48.8 Å². The normalized spacial score (nSPS) is 20.4. The first-order chi connectivity index (χ1) is 19.1. The molecule has 1 fully saturated rings. The molecule has 7 nitrogen and oxygen atoms in total. The van der Waals surface area contributed by atoms with Gasteiger partial charge in [-0.25, -0.2) is 0 Å². The standard InChI is InChI=1S/C31H34IN3O4/c36-30(25-17-22-7-8-23(18-24(22)19-25)27-5-1-2-10-33-27)31(37)34-32-26(20-35-11-3-4-12-35)15-21-6-9-28-29(16-21)39-14-13-38-28/h1-2,5-10,16,18,25-26,30,36H,3-4,11-15,17,19-20H2. The molecule has 1 N–H and O–H groups in total. The van der Waals surface area contributed by atoms with Crippen molar-refractivity contribution >= 4 is 26.9 Å². The molecule has 1 amide bonds. The quantitative estimate of drug-likeness (QED) is 0.277. The number of benzene rings is 2. The highest BCUT2D eigenvalue weighted by molar-refractivity contribution is 14.2. The smallest absolute Gasteiger partial charge is 0.279 e. The molecular formula is C31H34IN3O4. The van der Waals surface area contributed by atoms with Crippen molar-refractivity contribution in [3.8, 4) is 22.8 Å². The number of aromatic nitrogens is 1. The van der Waals surface area contributed by atoms with Crippen molar-refractivity contribution in [1.82, 2.24) is 9.88 Å². The van der Waals surface area contributed by atoms with Crippen molar-refractivity contribution in [2.24, 2.45) is 9.06 Å². The van der Waals surface area contributed by atoms with Crippen LogP contribution in [0, 0.1) is 5.92 Å². The summed E-state index contributed by atoms with van der Waals surface area (Å²) in [4.78, 5) is 20.1. The third-order valence-corrected chi connectivity index (χ3v) is 10.2. The lowest BCUT2D eigenvalue weighted by Gasteiger charge is -2.22. The molecular weight excluding hydrogens is 605 g/mol. The van der Waals surface area contributed by atoms with Crippen LogP contribution in [-0.2, 0) is 24.1 Å². The van der Waals surface area contributed by atoms with Crippen molar-refractivity contribution in [3.63, 3.8) is 0 Å². The molecule has 204 valence electrons. The number of nitrogens with zero attached hydrogens (tertiary/aromatic N) is 3. The van der Waals surface area contributed by atoms with E-state index in [2.05, 4.69) is 43.4 Å². The maximum absolute atomic E-state index is 13.1. The largest absolute Gasteiger partial charge is 0.486 e. The number of carbonyl (C=O) groups excluding carboxylic acids is 1. The number of alkyl halides is 1. The van der Waals surface area contributed by atoms with E-state index in [1.165, 1.54) is 29.5 Å². The predicted molar refractivity (Wildman–Crippen MR) is 159 cm³/mol. The summed E-state index contributed by atoms with van der Waals surface area (Å²) in [6.07, 6.45) is 5.43. The summed E-state index contributed by atoms with van der Waals surface area (Å²) in [5, 5.41) is 11.0. The van der Waals surface area contributed by atoms with Crippen LogP contribution in [0.4, 0.5) is 0 Å². The van der Waals surface area contributed by atoms with E-state index in [1.807, 2.05) is 24.3 Å². The molecule has 3 unspecified atom stereocenters. The van der Waals surface area contributed by atoms with Crippen LogP contribution in [-0.4, -0.2) is 63.8 Å². The van der Waals surface area contributed by atoms with Crippen LogP contribution in [0.3, 0.4) is 0 Å². The molecule has 3 atom stereocenters. The molecule has 3 heterocycles. The Balaban J connectivity index is 1.12. The number of ether oxygens (including phenoxy) is 2. The van der Waals surface area contributed by atoms with Gasteiger partial charge in [-0.2, -0.15) is 3.15 Å². The molecule has 6 rings (SSSR count). The number of aliphatic hydroxyl groups is 1. The zero-order valence-corrected chi connectivity index (χ0v) is 24.1. The highest BCUT2D eigenvalue weighted by atomic mass is 127. The van der Waals surface area contributed by atoms with E-state index in [0.29, 0.717) is 30.0 Å². The first-order valence-corrected chi connectivity index (χ1v) is 16.0. The number of amides is 1. The minimum atomic E-state index is -1.06. The van der Waals surface area contributed by atoms with Gasteiger partial charge in [-0.15, -0.1) is 0 Å². The Morgan fingerprint density at radius 3 is 2.67 bits per heavy atom. The average Bonchev–Trinajstić information content (AvgIpc) is 3.65. The monoisotopic (exact) mass is 639 g/mol. The molecule has 0 bridgehead atoms. The molecule has 8 heteroatoms. The Kier molecular flexibility index (Phi) is 8.32. The number of halogens is 1. The zero-order chi connectivity index (χ0) is 26.6. The number of likely N-dealkylation sites (tertiary alicyclic amines) is 1. The SMILES string of the molecule is O=C(N=IC(Cc1ccc2c(c1)OCCO2)CN1CCCC1)C(O)C1Cc2ccc(-c3ccccn3)cc2C1. The number of aliphatic hydroxyl groups excluding tert-OH is 1. The first kappa shape index (κ1) is 26.5. The zero-order valence-electron chi connectivity index (χ0n) is 22.0. The highest BCUT2D eigenvalue weighted by Gasteiger charge is 2.32. The Labute approximate surface area is 239 Å². The number of pyridine rings is 1. The van der Waals surface area contributed by atoms with Gasteiger partial charge in [0, 0.05) is 49.2 Å². The van der Waals surface area contributed by atoms with E-state index >= 15 is 0 Å². The van der Waals surface area contributed by atoms with Gasteiger partial charge in [0.2, 0.25) is 0 Å². The number of fused-ring (bicyclic) bond motifs is 2. The van der Waals surface area contributed by atoms with Crippen LogP contribution >= 0.6 is 21.0 Å². The van der Waals surface area contributed by atoms with Crippen LogP contribution in [0.2, 0.25) is 0 Å². The van der Waals surface area contributed by atoms with Crippen molar-refractivity contribution < 1.29 is 19.4 Å². The average molecular weight is 640 g/mol. The van der Waals surface area contributed by atoms with Crippen LogP contribution < -0.4 is 9.47 Å². The fourth-order valence-electron chi connectivity index (χ4n) is 5.78. The van der Waals surface area contributed by atoms with Crippen LogP contribution in [0.5, 0.6) is 11.5 Å². The van der Waals surface area contributed by atoms with E-state index in [1.54, 1.807) is 6.20 Å². The molecule has 2 aliphatic heterocycles. The van der Waals surface area contributed by atoms with Crippen molar-refractivity contribution in [2.75, 3.05) is 32.8 Å². The molecule has 2 aromatic carbocycles. The molecule has 0 saturated carbocycles. The molecule has 0 radical (unpaired) electrons. The van der Waals surface area contributed by atoms with E-state index in [-0.39, 0.29) is 11.8 Å². The molecule has 1 aliphatic carbocycles. The van der Waals surface area contributed by atoms with Gasteiger partial charge >= 0.3 is 0 Å². The summed E-state index contributed by atoms with van der Waals surface area (Å²) in [6.45, 7) is 4.31. The lowest BCUT2D eigenvalue weighted by Crippen LogP contribution is -2.30. The fraction of sp³-hybridized carbons (Fsp3) is 0.419. The lowest BCUT2D eigenvalue weighted by molar-refractivity contribution is -0.127. The number of rotatable bonds is 8. The molecule has 3 aromatic rings. The van der Waals surface area contributed by atoms with Gasteiger partial charge in [-0.05, 0) is 92.2 Å².